The topological polar surface area (TPSA) is 37.0 Å². The third-order valence-corrected chi connectivity index (χ3v) is 2.57. The minimum absolute atomic E-state index is 0.348. The molecule has 0 saturated carbocycles. The van der Waals surface area contributed by atoms with Gasteiger partial charge in [0, 0.05) is 12.2 Å². The fraction of sp³-hybridized carbons (Fsp3) is 0.214. The summed E-state index contributed by atoms with van der Waals surface area (Å²) in [6, 6.07) is 10.3. The molecule has 0 unspecified atom stereocenters. The van der Waals surface area contributed by atoms with Crippen LogP contribution in [0.25, 0.3) is 0 Å². The quantitative estimate of drug-likeness (QED) is 0.878. The molecule has 1 aromatic heterocycles. The molecule has 3 nitrogen and oxygen atoms in total. The van der Waals surface area contributed by atoms with E-state index < -0.39 is 11.7 Å². The van der Waals surface area contributed by atoms with E-state index in [9.17, 15) is 13.2 Å². The Morgan fingerprint density at radius 2 is 1.75 bits per heavy atom. The lowest BCUT2D eigenvalue weighted by Crippen LogP contribution is -2.05. The second-order valence-corrected chi connectivity index (χ2v) is 4.14. The first-order chi connectivity index (χ1) is 9.49. The number of benzene rings is 1. The summed E-state index contributed by atoms with van der Waals surface area (Å²) in [7, 11) is 0. The van der Waals surface area contributed by atoms with Crippen LogP contribution in [0.1, 0.15) is 12.5 Å². The smallest absolute Gasteiger partial charge is 0.370 e. The van der Waals surface area contributed by atoms with E-state index in [2.05, 4.69) is 15.6 Å². The number of halogens is 3. The second kappa shape index (κ2) is 5.81. The summed E-state index contributed by atoms with van der Waals surface area (Å²) in [5.41, 5.74) is -0.341. The van der Waals surface area contributed by atoms with Gasteiger partial charge in [0.1, 0.15) is 11.6 Å². The zero-order valence-corrected chi connectivity index (χ0v) is 10.8. The van der Waals surface area contributed by atoms with Crippen LogP contribution in [-0.2, 0) is 6.18 Å². The minimum atomic E-state index is -4.35. The van der Waals surface area contributed by atoms with Crippen LogP contribution in [0, 0.1) is 0 Å². The number of hydrogen-bond acceptors (Lipinski definition) is 3. The average Bonchev–Trinajstić information content (AvgIpc) is 2.39. The molecule has 0 saturated heterocycles. The predicted molar refractivity (Wildman–Crippen MR) is 73.1 cm³/mol. The van der Waals surface area contributed by atoms with Crippen molar-refractivity contribution in [2.75, 3.05) is 17.2 Å². The number of rotatable bonds is 4. The van der Waals surface area contributed by atoms with E-state index in [0.29, 0.717) is 17.3 Å². The molecule has 1 aromatic carbocycles. The van der Waals surface area contributed by atoms with E-state index in [-0.39, 0.29) is 0 Å². The summed E-state index contributed by atoms with van der Waals surface area (Å²) < 4.78 is 37.9. The Morgan fingerprint density at radius 1 is 1.05 bits per heavy atom. The van der Waals surface area contributed by atoms with Crippen LogP contribution in [0.4, 0.5) is 30.5 Å². The van der Waals surface area contributed by atoms with Gasteiger partial charge in [-0.15, -0.1) is 0 Å². The Balaban J connectivity index is 2.19. The van der Waals surface area contributed by atoms with Crippen LogP contribution in [0.2, 0.25) is 0 Å². The molecule has 0 amide bonds. The molecule has 1 heterocycles. The number of pyridine rings is 1. The fourth-order valence-electron chi connectivity index (χ4n) is 1.71. The maximum absolute atomic E-state index is 12.6. The fourth-order valence-corrected chi connectivity index (χ4v) is 1.71. The molecule has 2 aromatic rings. The summed E-state index contributed by atoms with van der Waals surface area (Å²) in [5, 5.41) is 5.90. The van der Waals surface area contributed by atoms with Crippen molar-refractivity contribution in [2.24, 2.45) is 0 Å². The van der Waals surface area contributed by atoms with Gasteiger partial charge in [0.2, 0.25) is 0 Å². The maximum atomic E-state index is 12.6. The van der Waals surface area contributed by atoms with Gasteiger partial charge in [0.15, 0.2) is 0 Å². The van der Waals surface area contributed by atoms with Crippen LogP contribution in [0.5, 0.6) is 0 Å². The van der Waals surface area contributed by atoms with E-state index in [0.717, 1.165) is 18.7 Å². The minimum Gasteiger partial charge on any atom is -0.370 e. The number of alkyl halides is 3. The number of aromatic nitrogens is 1. The van der Waals surface area contributed by atoms with Crippen LogP contribution in [0.3, 0.4) is 0 Å². The molecule has 20 heavy (non-hydrogen) atoms. The SMILES string of the molecule is CCNc1cccc(Nc2cccc(C(F)(F)F)c2)n1. The summed E-state index contributed by atoms with van der Waals surface area (Å²) >= 11 is 0. The van der Waals surface area contributed by atoms with Crippen molar-refractivity contribution in [3.63, 3.8) is 0 Å². The number of hydrogen-bond donors (Lipinski definition) is 2. The Morgan fingerprint density at radius 3 is 2.45 bits per heavy atom. The van der Waals surface area contributed by atoms with Gasteiger partial charge in [-0.1, -0.05) is 12.1 Å². The second-order valence-electron chi connectivity index (χ2n) is 4.14. The van der Waals surface area contributed by atoms with Gasteiger partial charge in [-0.25, -0.2) is 4.98 Å². The van der Waals surface area contributed by atoms with Gasteiger partial charge in [-0.3, -0.25) is 0 Å². The van der Waals surface area contributed by atoms with Crippen molar-refractivity contribution >= 4 is 17.3 Å². The molecule has 0 spiro atoms. The molecule has 2 N–H and O–H groups in total. The van der Waals surface area contributed by atoms with E-state index in [1.165, 1.54) is 6.07 Å². The van der Waals surface area contributed by atoms with Crippen molar-refractivity contribution in [3.8, 4) is 0 Å². The highest BCUT2D eigenvalue weighted by molar-refractivity contribution is 5.59. The van der Waals surface area contributed by atoms with Crippen molar-refractivity contribution in [2.45, 2.75) is 13.1 Å². The van der Waals surface area contributed by atoms with Crippen molar-refractivity contribution in [1.82, 2.24) is 4.98 Å². The summed E-state index contributed by atoms with van der Waals surface area (Å²) in [6.07, 6.45) is -4.35. The molecule has 0 aliphatic heterocycles. The van der Waals surface area contributed by atoms with Crippen LogP contribution < -0.4 is 10.6 Å². The first kappa shape index (κ1) is 14.2. The number of nitrogens with zero attached hydrogens (tertiary/aromatic N) is 1. The highest BCUT2D eigenvalue weighted by atomic mass is 19.4. The standard InChI is InChI=1S/C14H14F3N3/c1-2-18-12-7-4-8-13(20-12)19-11-6-3-5-10(9-11)14(15,16)17/h3-9H,2H2,1H3,(H2,18,19,20). The van der Waals surface area contributed by atoms with Crippen LogP contribution >= 0.6 is 0 Å². The lowest BCUT2D eigenvalue weighted by atomic mass is 10.2. The molecule has 0 fully saturated rings. The van der Waals surface area contributed by atoms with Crippen molar-refractivity contribution in [1.29, 1.82) is 0 Å². The number of anilines is 3. The van der Waals surface area contributed by atoms with Gasteiger partial charge >= 0.3 is 6.18 Å². The Labute approximate surface area is 114 Å². The zero-order valence-electron chi connectivity index (χ0n) is 10.8. The molecular formula is C14H14F3N3. The average molecular weight is 281 g/mol. The Bertz CT molecular complexity index is 582. The predicted octanol–water partition coefficient (Wildman–Crippen LogP) is 4.28. The molecule has 0 bridgehead atoms. The Kier molecular flexibility index (Phi) is 4.12. The van der Waals surface area contributed by atoms with Crippen LogP contribution in [0.15, 0.2) is 42.5 Å². The molecule has 0 atom stereocenters. The van der Waals surface area contributed by atoms with Gasteiger partial charge in [-0.2, -0.15) is 13.2 Å². The summed E-state index contributed by atoms with van der Waals surface area (Å²) in [4.78, 5) is 4.25. The lowest BCUT2D eigenvalue weighted by molar-refractivity contribution is -0.137. The molecule has 0 aliphatic rings. The lowest BCUT2D eigenvalue weighted by Gasteiger charge is -2.11. The highest BCUT2D eigenvalue weighted by Crippen LogP contribution is 2.31. The first-order valence-electron chi connectivity index (χ1n) is 6.14. The van der Waals surface area contributed by atoms with E-state index in [1.807, 2.05) is 6.92 Å². The van der Waals surface area contributed by atoms with Crippen LogP contribution in [-0.4, -0.2) is 11.5 Å². The normalized spacial score (nSPS) is 11.2. The largest absolute Gasteiger partial charge is 0.416 e. The summed E-state index contributed by atoms with van der Waals surface area (Å²) in [6.45, 7) is 2.66. The molecule has 106 valence electrons. The van der Waals surface area contributed by atoms with Crippen molar-refractivity contribution in [3.05, 3.63) is 48.0 Å². The molecule has 6 heteroatoms. The Hall–Kier alpha value is -2.24. The maximum Gasteiger partial charge on any atom is 0.416 e. The molecule has 0 radical (unpaired) electrons. The molecule has 0 aliphatic carbocycles. The first-order valence-corrected chi connectivity index (χ1v) is 6.14. The van der Waals surface area contributed by atoms with Gasteiger partial charge in [-0.05, 0) is 37.3 Å². The third-order valence-electron chi connectivity index (χ3n) is 2.57. The monoisotopic (exact) mass is 281 g/mol. The van der Waals surface area contributed by atoms with Gasteiger partial charge in [0.25, 0.3) is 0 Å². The molecular weight excluding hydrogens is 267 g/mol. The highest BCUT2D eigenvalue weighted by Gasteiger charge is 2.30. The van der Waals surface area contributed by atoms with E-state index >= 15 is 0 Å². The van der Waals surface area contributed by atoms with E-state index in [4.69, 9.17) is 0 Å². The third kappa shape index (κ3) is 3.63. The van der Waals surface area contributed by atoms with Gasteiger partial charge < -0.3 is 10.6 Å². The van der Waals surface area contributed by atoms with Gasteiger partial charge in [0.05, 0.1) is 5.56 Å². The zero-order chi connectivity index (χ0) is 14.6. The summed E-state index contributed by atoms with van der Waals surface area (Å²) in [5.74, 6) is 1.16. The molecule has 2 rings (SSSR count). The van der Waals surface area contributed by atoms with Crippen molar-refractivity contribution < 1.29 is 13.2 Å². The van der Waals surface area contributed by atoms with E-state index in [1.54, 1.807) is 24.3 Å². The number of nitrogens with one attached hydrogen (secondary N) is 2.